The van der Waals surface area contributed by atoms with Crippen LogP contribution in [0, 0.1) is 0 Å². The Balaban J connectivity index is 1.46. The van der Waals surface area contributed by atoms with Crippen molar-refractivity contribution in [2.24, 2.45) is 0 Å². The van der Waals surface area contributed by atoms with Crippen LogP contribution in [0.15, 0.2) is 48.9 Å². The number of H-pyrrole nitrogens is 1. The predicted molar refractivity (Wildman–Crippen MR) is 91.1 cm³/mol. The maximum absolute atomic E-state index is 12.2. The third kappa shape index (κ3) is 3.80. The van der Waals surface area contributed by atoms with Gasteiger partial charge in [0.1, 0.15) is 0 Å². The molecule has 1 N–H and O–H groups in total. The van der Waals surface area contributed by atoms with Crippen molar-refractivity contribution in [3.8, 4) is 0 Å². The highest BCUT2D eigenvalue weighted by Crippen LogP contribution is 2.15. The van der Waals surface area contributed by atoms with Crippen molar-refractivity contribution in [1.82, 2.24) is 19.7 Å². The van der Waals surface area contributed by atoms with Crippen LogP contribution in [0.1, 0.15) is 18.4 Å². The normalized spacial score (nSPS) is 11.0. The second-order valence-electron chi connectivity index (χ2n) is 5.84. The highest BCUT2D eigenvalue weighted by molar-refractivity contribution is 5.80. The number of hydrogen-bond acceptors (Lipinski definition) is 2. The Morgan fingerprint density at radius 1 is 1.30 bits per heavy atom. The van der Waals surface area contributed by atoms with Gasteiger partial charge in [0.25, 0.3) is 0 Å². The Morgan fingerprint density at radius 2 is 2.17 bits per heavy atom. The van der Waals surface area contributed by atoms with Crippen LogP contribution < -0.4 is 0 Å². The van der Waals surface area contributed by atoms with E-state index in [0.717, 1.165) is 31.5 Å². The van der Waals surface area contributed by atoms with Crippen molar-refractivity contribution >= 4 is 16.8 Å². The number of carbonyl (C=O) groups excluding carboxylic acids is 1. The fraction of sp³-hybridized carbons (Fsp3) is 0.333. The van der Waals surface area contributed by atoms with Crippen molar-refractivity contribution in [3.05, 3.63) is 54.5 Å². The number of rotatable bonds is 7. The molecule has 5 heteroatoms. The maximum atomic E-state index is 12.2. The molecule has 0 aliphatic rings. The number of amides is 1. The van der Waals surface area contributed by atoms with Crippen LogP contribution in [0.2, 0.25) is 0 Å². The number of para-hydroxylation sites is 1. The zero-order valence-electron chi connectivity index (χ0n) is 13.4. The van der Waals surface area contributed by atoms with Gasteiger partial charge in [-0.15, -0.1) is 0 Å². The van der Waals surface area contributed by atoms with Gasteiger partial charge in [-0.3, -0.25) is 9.89 Å². The third-order valence-electron chi connectivity index (χ3n) is 4.19. The summed E-state index contributed by atoms with van der Waals surface area (Å²) in [4.78, 5) is 14.0. The molecule has 120 valence electrons. The van der Waals surface area contributed by atoms with Gasteiger partial charge < -0.3 is 9.47 Å². The minimum Gasteiger partial charge on any atom is -0.346 e. The van der Waals surface area contributed by atoms with E-state index in [1.807, 2.05) is 36.5 Å². The first-order valence-corrected chi connectivity index (χ1v) is 7.99. The van der Waals surface area contributed by atoms with E-state index in [9.17, 15) is 4.79 Å². The lowest BCUT2D eigenvalue weighted by Gasteiger charge is -2.18. The van der Waals surface area contributed by atoms with Crippen molar-refractivity contribution in [3.63, 3.8) is 0 Å². The predicted octanol–water partition coefficient (Wildman–Crippen LogP) is 2.85. The van der Waals surface area contributed by atoms with Gasteiger partial charge in [0.05, 0.1) is 6.20 Å². The third-order valence-corrected chi connectivity index (χ3v) is 4.19. The number of benzene rings is 1. The summed E-state index contributed by atoms with van der Waals surface area (Å²) < 4.78 is 2.20. The zero-order chi connectivity index (χ0) is 16.1. The van der Waals surface area contributed by atoms with Crippen LogP contribution in [0.5, 0.6) is 0 Å². The van der Waals surface area contributed by atoms with Crippen molar-refractivity contribution in [2.75, 3.05) is 13.6 Å². The Labute approximate surface area is 135 Å². The smallest absolute Gasteiger partial charge is 0.222 e. The van der Waals surface area contributed by atoms with Crippen molar-refractivity contribution < 1.29 is 4.79 Å². The minimum atomic E-state index is 0.199. The average molecular weight is 310 g/mol. The first-order chi connectivity index (χ1) is 11.2. The van der Waals surface area contributed by atoms with Gasteiger partial charge in [-0.1, -0.05) is 18.2 Å². The Bertz CT molecular complexity index is 760. The maximum Gasteiger partial charge on any atom is 0.222 e. The number of nitrogens with one attached hydrogen (secondary N) is 1. The minimum absolute atomic E-state index is 0.199. The van der Waals surface area contributed by atoms with Gasteiger partial charge >= 0.3 is 0 Å². The molecule has 5 nitrogen and oxygen atoms in total. The monoisotopic (exact) mass is 310 g/mol. The molecule has 1 aromatic carbocycles. The summed E-state index contributed by atoms with van der Waals surface area (Å²) in [7, 11) is 1.88. The summed E-state index contributed by atoms with van der Waals surface area (Å²) in [5.41, 5.74) is 2.37. The molecule has 0 fully saturated rings. The molecule has 0 unspecified atom stereocenters. The standard InChI is InChI=1S/C18H22N4O/c1-21(18(23)8-4-5-15-13-19-20-14-15)11-12-22-10-9-16-6-2-3-7-17(16)22/h2-3,6-7,9-10,13-14H,4-5,8,11-12H2,1H3,(H,19,20). The number of likely N-dealkylation sites (N-methyl/N-ethyl adjacent to an activating group) is 1. The van der Waals surface area contributed by atoms with Crippen LogP contribution in [0.4, 0.5) is 0 Å². The van der Waals surface area contributed by atoms with Crippen molar-refractivity contribution in [2.45, 2.75) is 25.8 Å². The Hall–Kier alpha value is -2.56. The summed E-state index contributed by atoms with van der Waals surface area (Å²) in [6, 6.07) is 10.4. The molecular formula is C18H22N4O. The van der Waals surface area contributed by atoms with E-state index in [2.05, 4.69) is 39.2 Å². The van der Waals surface area contributed by atoms with E-state index in [-0.39, 0.29) is 5.91 Å². The SMILES string of the molecule is CN(CCn1ccc2ccccc21)C(=O)CCCc1cn[nH]c1. The molecule has 0 spiro atoms. The molecule has 0 atom stereocenters. The van der Waals surface area contributed by atoms with E-state index < -0.39 is 0 Å². The molecule has 23 heavy (non-hydrogen) atoms. The number of hydrogen-bond donors (Lipinski definition) is 1. The number of aromatic nitrogens is 3. The molecule has 0 radical (unpaired) electrons. The number of nitrogens with zero attached hydrogens (tertiary/aromatic N) is 3. The highest BCUT2D eigenvalue weighted by atomic mass is 16.2. The quantitative estimate of drug-likeness (QED) is 0.729. The lowest BCUT2D eigenvalue weighted by Crippen LogP contribution is -2.29. The van der Waals surface area contributed by atoms with E-state index in [1.165, 1.54) is 10.9 Å². The second-order valence-corrected chi connectivity index (χ2v) is 5.84. The van der Waals surface area contributed by atoms with Gasteiger partial charge in [0.15, 0.2) is 0 Å². The second kappa shape index (κ2) is 7.13. The molecule has 0 bridgehead atoms. The van der Waals surface area contributed by atoms with E-state index in [1.54, 1.807) is 0 Å². The van der Waals surface area contributed by atoms with Crippen LogP contribution >= 0.6 is 0 Å². The van der Waals surface area contributed by atoms with E-state index >= 15 is 0 Å². The number of aromatic amines is 1. The van der Waals surface area contributed by atoms with Crippen molar-refractivity contribution in [1.29, 1.82) is 0 Å². The number of aryl methyl sites for hydroxylation is 1. The van der Waals surface area contributed by atoms with Gasteiger partial charge in [-0.25, -0.2) is 0 Å². The summed E-state index contributed by atoms with van der Waals surface area (Å²) in [6.45, 7) is 1.54. The molecule has 0 aliphatic heterocycles. The lowest BCUT2D eigenvalue weighted by atomic mass is 10.1. The summed E-state index contributed by atoms with van der Waals surface area (Å²) in [6.07, 6.45) is 8.10. The largest absolute Gasteiger partial charge is 0.346 e. The number of carbonyl (C=O) groups is 1. The zero-order valence-corrected chi connectivity index (χ0v) is 13.4. The lowest BCUT2D eigenvalue weighted by molar-refractivity contribution is -0.130. The fourth-order valence-electron chi connectivity index (χ4n) is 2.77. The van der Waals surface area contributed by atoms with Crippen LogP contribution in [0.25, 0.3) is 10.9 Å². The van der Waals surface area contributed by atoms with Crippen LogP contribution in [-0.2, 0) is 17.8 Å². The molecule has 0 saturated heterocycles. The van der Waals surface area contributed by atoms with Gasteiger partial charge in [0, 0.05) is 44.5 Å². The van der Waals surface area contributed by atoms with Gasteiger partial charge in [0.2, 0.25) is 5.91 Å². The molecule has 0 saturated carbocycles. The average Bonchev–Trinajstić information content (AvgIpc) is 3.22. The molecule has 2 heterocycles. The fourth-order valence-corrected chi connectivity index (χ4v) is 2.77. The molecule has 1 amide bonds. The van der Waals surface area contributed by atoms with Gasteiger partial charge in [-0.05, 0) is 35.9 Å². The molecular weight excluding hydrogens is 288 g/mol. The van der Waals surface area contributed by atoms with Crippen LogP contribution in [-0.4, -0.2) is 39.2 Å². The van der Waals surface area contributed by atoms with E-state index in [0.29, 0.717) is 6.42 Å². The summed E-state index contributed by atoms with van der Waals surface area (Å²) in [5.74, 6) is 0.199. The van der Waals surface area contributed by atoms with E-state index in [4.69, 9.17) is 0 Å². The Morgan fingerprint density at radius 3 is 3.00 bits per heavy atom. The molecule has 2 aromatic heterocycles. The van der Waals surface area contributed by atoms with Crippen LogP contribution in [0.3, 0.4) is 0 Å². The first kappa shape index (κ1) is 15.3. The molecule has 3 aromatic rings. The Kier molecular flexibility index (Phi) is 4.76. The molecule has 3 rings (SSSR count). The summed E-state index contributed by atoms with van der Waals surface area (Å²) in [5, 5.41) is 7.95. The molecule has 0 aliphatic carbocycles. The summed E-state index contributed by atoms with van der Waals surface area (Å²) >= 11 is 0. The first-order valence-electron chi connectivity index (χ1n) is 7.99. The number of fused-ring (bicyclic) bond motifs is 1. The van der Waals surface area contributed by atoms with Gasteiger partial charge in [-0.2, -0.15) is 5.10 Å². The highest BCUT2D eigenvalue weighted by Gasteiger charge is 2.09. The topological polar surface area (TPSA) is 53.9 Å².